The van der Waals surface area contributed by atoms with Gasteiger partial charge in [-0.25, -0.2) is 0 Å². The van der Waals surface area contributed by atoms with E-state index in [9.17, 15) is 0 Å². The molecule has 0 aliphatic carbocycles. The average Bonchev–Trinajstić information content (AvgIpc) is 2.57. The van der Waals surface area contributed by atoms with E-state index in [1.165, 1.54) is 11.1 Å². The Labute approximate surface area is 140 Å². The Kier molecular flexibility index (Phi) is 5.48. The molecule has 1 saturated heterocycles. The zero-order valence-electron chi connectivity index (χ0n) is 12.5. The molecule has 1 aliphatic heterocycles. The van der Waals surface area contributed by atoms with E-state index >= 15 is 0 Å². The van der Waals surface area contributed by atoms with Crippen LogP contribution in [0.3, 0.4) is 0 Å². The van der Waals surface area contributed by atoms with Crippen LogP contribution >= 0.6 is 15.9 Å². The summed E-state index contributed by atoms with van der Waals surface area (Å²) >= 11 is 3.66. The Bertz CT molecular complexity index is 597. The van der Waals surface area contributed by atoms with Gasteiger partial charge >= 0.3 is 0 Å². The first-order chi connectivity index (χ1) is 10.8. The van der Waals surface area contributed by atoms with Crippen molar-refractivity contribution in [1.29, 1.82) is 0 Å². The van der Waals surface area contributed by atoms with Gasteiger partial charge in [-0.05, 0) is 17.7 Å². The molecule has 22 heavy (non-hydrogen) atoms. The minimum absolute atomic E-state index is 0.591. The van der Waals surface area contributed by atoms with E-state index in [2.05, 4.69) is 39.0 Å². The lowest BCUT2D eigenvalue weighted by Crippen LogP contribution is -2.35. The standard InChI is InChI=1S/C18H20BrNO2/c19-17-7-4-8-18(22-14-15-5-2-1-3-6-15)16(17)13-20-9-11-21-12-10-20/h1-8H,9-14H2. The molecule has 0 N–H and O–H groups in total. The van der Waals surface area contributed by atoms with Gasteiger partial charge in [0.05, 0.1) is 13.2 Å². The summed E-state index contributed by atoms with van der Waals surface area (Å²) < 4.78 is 12.6. The molecule has 0 amide bonds. The van der Waals surface area contributed by atoms with Crippen LogP contribution in [-0.4, -0.2) is 31.2 Å². The van der Waals surface area contributed by atoms with Crippen molar-refractivity contribution in [1.82, 2.24) is 4.90 Å². The van der Waals surface area contributed by atoms with Gasteiger partial charge in [-0.2, -0.15) is 0 Å². The molecule has 0 bridgehead atoms. The topological polar surface area (TPSA) is 21.7 Å². The van der Waals surface area contributed by atoms with E-state index in [1.807, 2.05) is 30.3 Å². The Morgan fingerprint density at radius 1 is 1.00 bits per heavy atom. The summed E-state index contributed by atoms with van der Waals surface area (Å²) in [6.07, 6.45) is 0. The monoisotopic (exact) mass is 361 g/mol. The van der Waals surface area contributed by atoms with Crippen molar-refractivity contribution in [3.63, 3.8) is 0 Å². The van der Waals surface area contributed by atoms with E-state index < -0.39 is 0 Å². The van der Waals surface area contributed by atoms with Crippen LogP contribution in [0.15, 0.2) is 53.0 Å². The number of benzene rings is 2. The van der Waals surface area contributed by atoms with E-state index in [0.717, 1.165) is 43.1 Å². The van der Waals surface area contributed by atoms with Gasteiger partial charge in [-0.15, -0.1) is 0 Å². The lowest BCUT2D eigenvalue weighted by molar-refractivity contribution is 0.0337. The largest absolute Gasteiger partial charge is 0.489 e. The molecule has 0 radical (unpaired) electrons. The van der Waals surface area contributed by atoms with E-state index in [1.54, 1.807) is 0 Å². The van der Waals surface area contributed by atoms with Gasteiger partial charge in [-0.3, -0.25) is 4.90 Å². The number of rotatable bonds is 5. The van der Waals surface area contributed by atoms with Crippen molar-refractivity contribution in [3.8, 4) is 5.75 Å². The second-order valence-corrected chi connectivity index (χ2v) is 6.23. The van der Waals surface area contributed by atoms with Crippen molar-refractivity contribution in [2.75, 3.05) is 26.3 Å². The van der Waals surface area contributed by atoms with Gasteiger partial charge in [0.15, 0.2) is 0 Å². The highest BCUT2D eigenvalue weighted by atomic mass is 79.9. The van der Waals surface area contributed by atoms with Crippen molar-refractivity contribution in [3.05, 3.63) is 64.1 Å². The molecule has 0 saturated carbocycles. The smallest absolute Gasteiger partial charge is 0.125 e. The van der Waals surface area contributed by atoms with Crippen LogP contribution in [0.1, 0.15) is 11.1 Å². The molecule has 4 heteroatoms. The molecular formula is C18H20BrNO2. The summed E-state index contributed by atoms with van der Waals surface area (Å²) in [5, 5.41) is 0. The van der Waals surface area contributed by atoms with Crippen LogP contribution in [0.5, 0.6) is 5.75 Å². The van der Waals surface area contributed by atoms with Crippen molar-refractivity contribution >= 4 is 15.9 Å². The summed E-state index contributed by atoms with van der Waals surface area (Å²) in [5.74, 6) is 0.949. The molecule has 3 rings (SSSR count). The molecule has 0 unspecified atom stereocenters. The molecule has 0 aromatic heterocycles. The summed E-state index contributed by atoms with van der Waals surface area (Å²) in [7, 11) is 0. The van der Waals surface area contributed by atoms with E-state index in [0.29, 0.717) is 6.61 Å². The maximum Gasteiger partial charge on any atom is 0.125 e. The second kappa shape index (κ2) is 7.77. The maximum atomic E-state index is 6.06. The van der Waals surface area contributed by atoms with Crippen LogP contribution in [0, 0.1) is 0 Å². The first-order valence-electron chi connectivity index (χ1n) is 7.57. The molecule has 2 aromatic rings. The normalized spacial score (nSPS) is 15.7. The van der Waals surface area contributed by atoms with E-state index in [4.69, 9.17) is 9.47 Å². The molecule has 1 heterocycles. The van der Waals surface area contributed by atoms with Crippen LogP contribution in [-0.2, 0) is 17.9 Å². The predicted octanol–water partition coefficient (Wildman–Crippen LogP) is 3.86. The molecule has 1 fully saturated rings. The third kappa shape index (κ3) is 4.09. The highest BCUT2D eigenvalue weighted by Crippen LogP contribution is 2.29. The Morgan fingerprint density at radius 3 is 2.55 bits per heavy atom. The number of ether oxygens (including phenoxy) is 2. The highest BCUT2D eigenvalue weighted by molar-refractivity contribution is 9.10. The summed E-state index contributed by atoms with van der Waals surface area (Å²) in [4.78, 5) is 2.40. The first-order valence-corrected chi connectivity index (χ1v) is 8.36. The summed E-state index contributed by atoms with van der Waals surface area (Å²) in [6.45, 7) is 5.04. The zero-order chi connectivity index (χ0) is 15.2. The third-order valence-corrected chi connectivity index (χ3v) is 4.54. The highest BCUT2D eigenvalue weighted by Gasteiger charge is 2.15. The molecule has 1 aliphatic rings. The van der Waals surface area contributed by atoms with Crippen molar-refractivity contribution in [2.24, 2.45) is 0 Å². The lowest BCUT2D eigenvalue weighted by Gasteiger charge is -2.27. The second-order valence-electron chi connectivity index (χ2n) is 5.38. The predicted molar refractivity (Wildman–Crippen MR) is 91.0 cm³/mol. The average molecular weight is 362 g/mol. The number of hydrogen-bond donors (Lipinski definition) is 0. The summed E-state index contributed by atoms with van der Waals surface area (Å²) in [5.41, 5.74) is 2.39. The number of morpholine rings is 1. The SMILES string of the molecule is Brc1cccc(OCc2ccccc2)c1CN1CCOCC1. The van der Waals surface area contributed by atoms with Crippen LogP contribution in [0.2, 0.25) is 0 Å². The van der Waals surface area contributed by atoms with Gasteiger partial charge in [-0.1, -0.05) is 52.3 Å². The first kappa shape index (κ1) is 15.5. The summed E-state index contributed by atoms with van der Waals surface area (Å²) in [6, 6.07) is 16.4. The number of nitrogens with zero attached hydrogens (tertiary/aromatic N) is 1. The third-order valence-electron chi connectivity index (χ3n) is 3.80. The Balaban J connectivity index is 1.71. The van der Waals surface area contributed by atoms with Gasteiger partial charge in [0, 0.05) is 29.7 Å². The lowest BCUT2D eigenvalue weighted by atomic mass is 10.1. The number of hydrogen-bond acceptors (Lipinski definition) is 3. The molecule has 2 aromatic carbocycles. The number of halogens is 1. The molecule has 0 atom stereocenters. The quantitative estimate of drug-likeness (QED) is 0.806. The van der Waals surface area contributed by atoms with Crippen LogP contribution < -0.4 is 4.74 Å². The minimum Gasteiger partial charge on any atom is -0.489 e. The van der Waals surface area contributed by atoms with Crippen LogP contribution in [0.25, 0.3) is 0 Å². The fraction of sp³-hybridized carbons (Fsp3) is 0.333. The molecule has 0 spiro atoms. The van der Waals surface area contributed by atoms with Crippen molar-refractivity contribution < 1.29 is 9.47 Å². The maximum absolute atomic E-state index is 6.06. The Morgan fingerprint density at radius 2 is 1.77 bits per heavy atom. The van der Waals surface area contributed by atoms with Gasteiger partial charge in [0.1, 0.15) is 12.4 Å². The van der Waals surface area contributed by atoms with Gasteiger partial charge in [0.25, 0.3) is 0 Å². The molecule has 116 valence electrons. The minimum atomic E-state index is 0.591. The van der Waals surface area contributed by atoms with E-state index in [-0.39, 0.29) is 0 Å². The molecule has 3 nitrogen and oxygen atoms in total. The fourth-order valence-corrected chi connectivity index (χ4v) is 3.02. The molecular weight excluding hydrogens is 342 g/mol. The fourth-order valence-electron chi connectivity index (χ4n) is 2.55. The Hall–Kier alpha value is -1.36. The van der Waals surface area contributed by atoms with Gasteiger partial charge in [0.2, 0.25) is 0 Å². The van der Waals surface area contributed by atoms with Crippen LogP contribution in [0.4, 0.5) is 0 Å². The van der Waals surface area contributed by atoms with Crippen molar-refractivity contribution in [2.45, 2.75) is 13.2 Å². The zero-order valence-corrected chi connectivity index (χ0v) is 14.1. The van der Waals surface area contributed by atoms with Gasteiger partial charge < -0.3 is 9.47 Å².